The highest BCUT2D eigenvalue weighted by atomic mass is 35.5. The molecule has 0 radical (unpaired) electrons. The number of fused-ring (bicyclic) bond motifs is 1. The van der Waals surface area contributed by atoms with Crippen LogP contribution in [0.15, 0.2) is 24.3 Å². The summed E-state index contributed by atoms with van der Waals surface area (Å²) in [5.41, 5.74) is 8.30. The maximum atomic E-state index is 11.9. The van der Waals surface area contributed by atoms with Gasteiger partial charge in [-0.15, -0.1) is 12.4 Å². The van der Waals surface area contributed by atoms with Crippen LogP contribution in [0.2, 0.25) is 0 Å². The van der Waals surface area contributed by atoms with Crippen LogP contribution in [0.25, 0.3) is 0 Å². The van der Waals surface area contributed by atoms with Crippen LogP contribution >= 0.6 is 12.4 Å². The molecule has 0 heterocycles. The second-order valence-corrected chi connectivity index (χ2v) is 5.92. The second-order valence-electron chi connectivity index (χ2n) is 5.92. The zero-order valence-corrected chi connectivity index (χ0v) is 12.6. The molecule has 19 heavy (non-hydrogen) atoms. The number of hydrogen-bond acceptors (Lipinski definition) is 2. The smallest absolute Gasteiger partial charge is 0.237 e. The van der Waals surface area contributed by atoms with E-state index in [0.29, 0.717) is 0 Å². The van der Waals surface area contributed by atoms with Gasteiger partial charge in [-0.25, -0.2) is 0 Å². The van der Waals surface area contributed by atoms with Crippen molar-refractivity contribution in [3.05, 3.63) is 35.4 Å². The van der Waals surface area contributed by atoms with E-state index in [1.54, 1.807) is 6.92 Å². The Kier molecular flexibility index (Phi) is 4.99. The Morgan fingerprint density at radius 1 is 1.42 bits per heavy atom. The van der Waals surface area contributed by atoms with E-state index in [2.05, 4.69) is 37.4 Å². The van der Waals surface area contributed by atoms with Crippen molar-refractivity contribution in [2.24, 2.45) is 11.1 Å². The third kappa shape index (κ3) is 3.28. The number of carbonyl (C=O) groups excluding carboxylic acids is 1. The van der Waals surface area contributed by atoms with E-state index in [1.165, 1.54) is 11.1 Å². The van der Waals surface area contributed by atoms with E-state index < -0.39 is 6.04 Å². The number of nitrogens with one attached hydrogen (secondary N) is 1. The summed E-state index contributed by atoms with van der Waals surface area (Å²) < 4.78 is 0. The monoisotopic (exact) mass is 282 g/mol. The molecule has 1 aromatic rings. The minimum absolute atomic E-state index is 0. The molecule has 106 valence electrons. The van der Waals surface area contributed by atoms with Gasteiger partial charge in [0.05, 0.1) is 12.1 Å². The third-order valence-electron chi connectivity index (χ3n) is 3.89. The van der Waals surface area contributed by atoms with E-state index in [4.69, 9.17) is 5.73 Å². The first-order valence-electron chi connectivity index (χ1n) is 6.55. The van der Waals surface area contributed by atoms with Crippen LogP contribution in [0, 0.1) is 5.41 Å². The predicted molar refractivity (Wildman–Crippen MR) is 80.3 cm³/mol. The van der Waals surface area contributed by atoms with Crippen molar-refractivity contribution in [2.45, 2.75) is 45.7 Å². The Balaban J connectivity index is 0.00000180. The number of rotatable bonds is 2. The second kappa shape index (κ2) is 5.93. The maximum absolute atomic E-state index is 11.9. The van der Waals surface area contributed by atoms with Gasteiger partial charge in [-0.1, -0.05) is 38.1 Å². The molecule has 3 N–H and O–H groups in total. The number of halogens is 1. The average molecular weight is 283 g/mol. The first-order chi connectivity index (χ1) is 8.42. The summed E-state index contributed by atoms with van der Waals surface area (Å²) in [5.74, 6) is -0.0789. The lowest BCUT2D eigenvalue weighted by atomic mass is 9.70. The molecule has 3 nitrogen and oxygen atoms in total. The van der Waals surface area contributed by atoms with Crippen molar-refractivity contribution in [1.29, 1.82) is 0 Å². The Morgan fingerprint density at radius 3 is 2.68 bits per heavy atom. The first kappa shape index (κ1) is 16.0. The maximum Gasteiger partial charge on any atom is 0.237 e. The minimum Gasteiger partial charge on any atom is -0.347 e. The Hall–Kier alpha value is -1.06. The Labute approximate surface area is 121 Å². The molecule has 1 aliphatic rings. The summed E-state index contributed by atoms with van der Waals surface area (Å²) >= 11 is 0. The van der Waals surface area contributed by atoms with Gasteiger partial charge in [0.15, 0.2) is 0 Å². The fourth-order valence-corrected chi connectivity index (χ4v) is 2.61. The SMILES string of the molecule is C[C@@H](N)C(=O)NC1c2ccccc2CCC1(C)C.Cl. The third-order valence-corrected chi connectivity index (χ3v) is 3.89. The van der Waals surface area contributed by atoms with Crippen LogP contribution in [0.5, 0.6) is 0 Å². The van der Waals surface area contributed by atoms with Gasteiger partial charge in [-0.2, -0.15) is 0 Å². The van der Waals surface area contributed by atoms with Crippen LogP contribution in [0.1, 0.15) is 44.4 Å². The fourth-order valence-electron chi connectivity index (χ4n) is 2.61. The molecule has 2 rings (SSSR count). The van der Waals surface area contributed by atoms with Gasteiger partial charge < -0.3 is 11.1 Å². The highest BCUT2D eigenvalue weighted by Crippen LogP contribution is 2.43. The summed E-state index contributed by atoms with van der Waals surface area (Å²) in [7, 11) is 0. The Morgan fingerprint density at radius 2 is 2.05 bits per heavy atom. The molecule has 1 unspecified atom stereocenters. The summed E-state index contributed by atoms with van der Waals surface area (Å²) in [6.07, 6.45) is 2.15. The van der Waals surface area contributed by atoms with Crippen molar-refractivity contribution >= 4 is 18.3 Å². The van der Waals surface area contributed by atoms with Crippen LogP contribution in [0.3, 0.4) is 0 Å². The van der Waals surface area contributed by atoms with Crippen molar-refractivity contribution in [3.8, 4) is 0 Å². The minimum atomic E-state index is -0.463. The Bertz CT molecular complexity index is 457. The molecule has 4 heteroatoms. The van der Waals surface area contributed by atoms with E-state index >= 15 is 0 Å². The van der Waals surface area contributed by atoms with Crippen LogP contribution in [0.4, 0.5) is 0 Å². The number of nitrogens with two attached hydrogens (primary N) is 1. The molecule has 1 aromatic carbocycles. The van der Waals surface area contributed by atoms with Crippen LogP contribution in [-0.4, -0.2) is 11.9 Å². The van der Waals surface area contributed by atoms with Gasteiger partial charge in [0.25, 0.3) is 0 Å². The molecule has 0 saturated heterocycles. The van der Waals surface area contributed by atoms with Crippen LogP contribution in [-0.2, 0) is 11.2 Å². The van der Waals surface area contributed by atoms with Crippen molar-refractivity contribution in [1.82, 2.24) is 5.32 Å². The topological polar surface area (TPSA) is 55.1 Å². The largest absolute Gasteiger partial charge is 0.347 e. The quantitative estimate of drug-likeness (QED) is 0.876. The molecule has 1 amide bonds. The van der Waals surface area contributed by atoms with Gasteiger partial charge in [0.2, 0.25) is 5.91 Å². The lowest BCUT2D eigenvalue weighted by Crippen LogP contribution is -2.46. The zero-order valence-electron chi connectivity index (χ0n) is 11.8. The molecular weight excluding hydrogens is 260 g/mol. The van der Waals surface area contributed by atoms with Gasteiger partial charge in [0.1, 0.15) is 0 Å². The first-order valence-corrected chi connectivity index (χ1v) is 6.55. The highest BCUT2D eigenvalue weighted by molar-refractivity contribution is 5.85. The molecule has 2 atom stereocenters. The molecule has 0 bridgehead atoms. The van der Waals surface area contributed by atoms with Crippen molar-refractivity contribution in [2.75, 3.05) is 0 Å². The molecular formula is C15H23ClN2O. The van der Waals surface area contributed by atoms with Crippen LogP contribution < -0.4 is 11.1 Å². The van der Waals surface area contributed by atoms with E-state index in [9.17, 15) is 4.79 Å². The van der Waals surface area contributed by atoms with Crippen molar-refractivity contribution < 1.29 is 4.79 Å². The lowest BCUT2D eigenvalue weighted by molar-refractivity contribution is -0.123. The predicted octanol–water partition coefficient (Wildman–Crippen LogP) is 2.59. The van der Waals surface area contributed by atoms with Gasteiger partial charge in [-0.3, -0.25) is 4.79 Å². The summed E-state index contributed by atoms with van der Waals surface area (Å²) in [5, 5.41) is 3.10. The summed E-state index contributed by atoms with van der Waals surface area (Å²) in [6.45, 7) is 6.13. The summed E-state index contributed by atoms with van der Waals surface area (Å²) in [6, 6.07) is 7.95. The lowest BCUT2D eigenvalue weighted by Gasteiger charge is -2.40. The molecule has 0 fully saturated rings. The molecule has 0 aliphatic heterocycles. The number of carbonyl (C=O) groups is 1. The summed E-state index contributed by atoms with van der Waals surface area (Å²) in [4.78, 5) is 11.9. The van der Waals surface area contributed by atoms with E-state index in [-0.39, 0.29) is 29.8 Å². The fraction of sp³-hybridized carbons (Fsp3) is 0.533. The zero-order chi connectivity index (χ0) is 13.3. The van der Waals surface area contributed by atoms with Crippen molar-refractivity contribution in [3.63, 3.8) is 0 Å². The normalized spacial score (nSPS) is 21.8. The highest BCUT2D eigenvalue weighted by Gasteiger charge is 2.36. The van der Waals surface area contributed by atoms with E-state index in [0.717, 1.165) is 12.8 Å². The number of amides is 1. The van der Waals surface area contributed by atoms with Gasteiger partial charge in [0, 0.05) is 0 Å². The average Bonchev–Trinajstić information content (AvgIpc) is 2.32. The molecule has 0 saturated carbocycles. The number of hydrogen-bond donors (Lipinski definition) is 2. The standard InChI is InChI=1S/C15H22N2O.ClH/c1-10(16)14(18)17-13-12-7-5-4-6-11(12)8-9-15(13,2)3;/h4-7,10,13H,8-9,16H2,1-3H3,(H,17,18);1H/t10-,13?;/m1./s1. The number of benzene rings is 1. The van der Waals surface area contributed by atoms with Gasteiger partial charge in [-0.05, 0) is 36.3 Å². The molecule has 0 aromatic heterocycles. The van der Waals surface area contributed by atoms with E-state index in [1.807, 2.05) is 6.07 Å². The molecule has 0 spiro atoms. The van der Waals surface area contributed by atoms with Gasteiger partial charge >= 0.3 is 0 Å². The number of aryl methyl sites for hydroxylation is 1. The molecule has 1 aliphatic carbocycles.